The first kappa shape index (κ1) is 22.9. The molecule has 0 heterocycles. The highest BCUT2D eigenvalue weighted by Gasteiger charge is 2.26. The summed E-state index contributed by atoms with van der Waals surface area (Å²) in [5.41, 5.74) is 2.82. The van der Waals surface area contributed by atoms with E-state index in [1.807, 2.05) is 0 Å². The Bertz CT molecular complexity index is 584. The zero-order chi connectivity index (χ0) is 18.7. The van der Waals surface area contributed by atoms with Gasteiger partial charge in [-0.15, -0.1) is 12.4 Å². The first-order valence-corrected chi connectivity index (χ1v) is 10.8. The maximum absolute atomic E-state index is 6.13. The summed E-state index contributed by atoms with van der Waals surface area (Å²) < 4.78 is 6.13. The first-order chi connectivity index (χ1) is 13.3. The van der Waals surface area contributed by atoms with Crippen molar-refractivity contribution in [3.05, 3.63) is 71.8 Å². The van der Waals surface area contributed by atoms with Gasteiger partial charge in [-0.05, 0) is 43.2 Å². The zero-order valence-corrected chi connectivity index (χ0v) is 18.1. The fourth-order valence-electron chi connectivity index (χ4n) is 4.13. The van der Waals surface area contributed by atoms with E-state index in [2.05, 4.69) is 72.5 Å². The van der Waals surface area contributed by atoms with E-state index in [1.165, 1.54) is 56.1 Å². The Labute approximate surface area is 177 Å². The molecular formula is C25H36ClNO. The van der Waals surface area contributed by atoms with E-state index in [-0.39, 0.29) is 12.4 Å². The highest BCUT2D eigenvalue weighted by molar-refractivity contribution is 5.85. The van der Waals surface area contributed by atoms with Gasteiger partial charge in [0.2, 0.25) is 0 Å². The van der Waals surface area contributed by atoms with Crippen LogP contribution in [0.25, 0.3) is 0 Å². The van der Waals surface area contributed by atoms with Gasteiger partial charge in [-0.25, -0.2) is 0 Å². The average molecular weight is 402 g/mol. The van der Waals surface area contributed by atoms with Gasteiger partial charge in [-0.2, -0.15) is 0 Å². The molecule has 3 heteroatoms. The number of hydrogen-bond acceptors (Lipinski definition) is 2. The summed E-state index contributed by atoms with van der Waals surface area (Å²) in [7, 11) is 0. The number of unbranched alkanes of at least 4 members (excludes halogenated alkanes) is 2. The second-order valence-electron chi connectivity index (χ2n) is 7.88. The van der Waals surface area contributed by atoms with Gasteiger partial charge in [0.1, 0.15) is 0 Å². The molecule has 0 N–H and O–H groups in total. The number of ether oxygens (including phenoxy) is 1. The number of nitrogens with zero attached hydrogens (tertiary/aromatic N) is 1. The standard InChI is InChI=1S/C25H35NO.ClH/c1-2-3-10-19-27-25-17-15-24(16-18-25)26(20-22-11-6-4-7-12-22)21-23-13-8-5-9-14-23;/h4-9,11-14,24-25H,2-3,10,15-21H2,1H3;1H/t24-,25-;. The zero-order valence-electron chi connectivity index (χ0n) is 17.3. The van der Waals surface area contributed by atoms with Gasteiger partial charge < -0.3 is 4.74 Å². The lowest BCUT2D eigenvalue weighted by Crippen LogP contribution is -2.38. The van der Waals surface area contributed by atoms with Crippen molar-refractivity contribution in [1.82, 2.24) is 4.90 Å². The van der Waals surface area contributed by atoms with E-state index in [1.54, 1.807) is 0 Å². The molecule has 2 aromatic carbocycles. The van der Waals surface area contributed by atoms with Crippen molar-refractivity contribution in [2.75, 3.05) is 6.61 Å². The topological polar surface area (TPSA) is 12.5 Å². The van der Waals surface area contributed by atoms with Gasteiger partial charge in [-0.3, -0.25) is 4.90 Å². The fourth-order valence-corrected chi connectivity index (χ4v) is 4.13. The molecule has 0 aliphatic heterocycles. The van der Waals surface area contributed by atoms with Crippen molar-refractivity contribution in [1.29, 1.82) is 0 Å². The quantitative estimate of drug-likeness (QED) is 0.414. The van der Waals surface area contributed by atoms with Crippen molar-refractivity contribution in [2.24, 2.45) is 0 Å². The molecule has 0 bridgehead atoms. The van der Waals surface area contributed by atoms with Gasteiger partial charge in [0, 0.05) is 25.7 Å². The molecule has 2 nitrogen and oxygen atoms in total. The van der Waals surface area contributed by atoms with E-state index in [0.29, 0.717) is 12.1 Å². The third-order valence-electron chi connectivity index (χ3n) is 5.72. The summed E-state index contributed by atoms with van der Waals surface area (Å²) in [6.07, 6.45) is 9.16. The van der Waals surface area contributed by atoms with Crippen LogP contribution in [0.2, 0.25) is 0 Å². The lowest BCUT2D eigenvalue weighted by Gasteiger charge is -2.37. The molecule has 0 saturated heterocycles. The second kappa shape index (κ2) is 13.0. The lowest BCUT2D eigenvalue weighted by atomic mass is 9.91. The molecule has 0 amide bonds. The van der Waals surface area contributed by atoms with Gasteiger partial charge in [0.05, 0.1) is 6.10 Å². The van der Waals surface area contributed by atoms with Crippen LogP contribution in [0.5, 0.6) is 0 Å². The smallest absolute Gasteiger partial charge is 0.0576 e. The Hall–Kier alpha value is -1.35. The Kier molecular flexibility index (Phi) is 10.6. The minimum atomic E-state index is 0. The SMILES string of the molecule is CCCCCO[C@H]1CC[C@H](N(Cc2ccccc2)Cc2ccccc2)CC1.Cl. The maximum atomic E-state index is 6.13. The highest BCUT2D eigenvalue weighted by Crippen LogP contribution is 2.28. The molecule has 0 radical (unpaired) electrons. The molecule has 0 aromatic heterocycles. The van der Waals surface area contributed by atoms with Crippen LogP contribution in [0.3, 0.4) is 0 Å². The molecule has 154 valence electrons. The van der Waals surface area contributed by atoms with Gasteiger partial charge >= 0.3 is 0 Å². The van der Waals surface area contributed by atoms with E-state index in [4.69, 9.17) is 4.74 Å². The van der Waals surface area contributed by atoms with E-state index < -0.39 is 0 Å². The lowest BCUT2D eigenvalue weighted by molar-refractivity contribution is 0.00297. The van der Waals surface area contributed by atoms with Gasteiger partial charge in [0.25, 0.3) is 0 Å². The number of halogens is 1. The van der Waals surface area contributed by atoms with E-state index in [0.717, 1.165) is 19.7 Å². The highest BCUT2D eigenvalue weighted by atomic mass is 35.5. The second-order valence-corrected chi connectivity index (χ2v) is 7.88. The Morgan fingerprint density at radius 2 is 1.32 bits per heavy atom. The van der Waals surface area contributed by atoms with Crippen molar-refractivity contribution in [3.8, 4) is 0 Å². The van der Waals surface area contributed by atoms with Crippen molar-refractivity contribution in [3.63, 3.8) is 0 Å². The number of benzene rings is 2. The number of rotatable bonds is 10. The summed E-state index contributed by atoms with van der Waals surface area (Å²) in [5.74, 6) is 0. The Morgan fingerprint density at radius 1 is 0.786 bits per heavy atom. The summed E-state index contributed by atoms with van der Waals surface area (Å²) in [4.78, 5) is 2.68. The van der Waals surface area contributed by atoms with Crippen LogP contribution in [0, 0.1) is 0 Å². The van der Waals surface area contributed by atoms with Gasteiger partial charge in [-0.1, -0.05) is 80.4 Å². The number of hydrogen-bond donors (Lipinski definition) is 0. The summed E-state index contributed by atoms with van der Waals surface area (Å²) >= 11 is 0. The minimum absolute atomic E-state index is 0. The molecule has 2 aromatic rings. The average Bonchev–Trinajstić information content (AvgIpc) is 2.73. The van der Waals surface area contributed by atoms with Crippen molar-refractivity contribution in [2.45, 2.75) is 77.1 Å². The first-order valence-electron chi connectivity index (χ1n) is 10.8. The van der Waals surface area contributed by atoms with Crippen LogP contribution >= 0.6 is 12.4 Å². The predicted octanol–water partition coefficient (Wildman–Crippen LogP) is 6.63. The molecule has 1 aliphatic carbocycles. The summed E-state index contributed by atoms with van der Waals surface area (Å²) in [6, 6.07) is 22.5. The van der Waals surface area contributed by atoms with Gasteiger partial charge in [0.15, 0.2) is 0 Å². The molecule has 28 heavy (non-hydrogen) atoms. The van der Waals surface area contributed by atoms with E-state index in [9.17, 15) is 0 Å². The molecule has 1 aliphatic rings. The maximum Gasteiger partial charge on any atom is 0.0576 e. The Balaban J connectivity index is 0.00000280. The van der Waals surface area contributed by atoms with Crippen molar-refractivity contribution >= 4 is 12.4 Å². The van der Waals surface area contributed by atoms with Crippen LogP contribution in [-0.2, 0) is 17.8 Å². The molecule has 3 rings (SSSR count). The third-order valence-corrected chi connectivity index (χ3v) is 5.72. The third kappa shape index (κ3) is 7.58. The largest absolute Gasteiger partial charge is 0.378 e. The monoisotopic (exact) mass is 401 g/mol. The molecule has 1 saturated carbocycles. The molecule has 0 spiro atoms. The minimum Gasteiger partial charge on any atom is -0.378 e. The molecule has 0 atom stereocenters. The summed E-state index contributed by atoms with van der Waals surface area (Å²) in [5, 5.41) is 0. The van der Waals surface area contributed by atoms with Crippen LogP contribution in [-0.4, -0.2) is 23.7 Å². The predicted molar refractivity (Wildman–Crippen MR) is 121 cm³/mol. The van der Waals surface area contributed by atoms with Crippen LogP contribution in [0.15, 0.2) is 60.7 Å². The fraction of sp³-hybridized carbons (Fsp3) is 0.520. The molecular weight excluding hydrogens is 366 g/mol. The normalized spacial score (nSPS) is 19.4. The summed E-state index contributed by atoms with van der Waals surface area (Å²) in [6.45, 7) is 5.25. The van der Waals surface area contributed by atoms with E-state index >= 15 is 0 Å². The molecule has 0 unspecified atom stereocenters. The van der Waals surface area contributed by atoms with Crippen molar-refractivity contribution < 1.29 is 4.74 Å². The van der Waals surface area contributed by atoms with Crippen LogP contribution in [0.4, 0.5) is 0 Å². The van der Waals surface area contributed by atoms with Crippen LogP contribution < -0.4 is 0 Å². The van der Waals surface area contributed by atoms with Crippen LogP contribution in [0.1, 0.15) is 63.0 Å². The Morgan fingerprint density at radius 3 is 1.82 bits per heavy atom. The molecule has 1 fully saturated rings.